The largest absolute Gasteiger partial charge is 0.341 e. The summed E-state index contributed by atoms with van der Waals surface area (Å²) in [6, 6.07) is 11.6. The van der Waals surface area contributed by atoms with Crippen molar-refractivity contribution in [3.63, 3.8) is 0 Å². The van der Waals surface area contributed by atoms with Gasteiger partial charge >= 0.3 is 0 Å². The van der Waals surface area contributed by atoms with Crippen LogP contribution in [-0.2, 0) is 11.2 Å². The van der Waals surface area contributed by atoms with Crippen molar-refractivity contribution in [3.05, 3.63) is 69.2 Å². The predicted molar refractivity (Wildman–Crippen MR) is 101 cm³/mol. The summed E-state index contributed by atoms with van der Waals surface area (Å²) >= 11 is 16.0. The summed E-state index contributed by atoms with van der Waals surface area (Å²) in [6.45, 7) is 1.98. The highest BCUT2D eigenvalue weighted by Gasteiger charge is 2.20. The molecule has 2 aromatic carbocycles. The first kappa shape index (κ1) is 18.8. The Morgan fingerprint density at radius 3 is 2.21 bits per heavy atom. The van der Waals surface area contributed by atoms with Gasteiger partial charge in [0.15, 0.2) is 5.78 Å². The summed E-state index contributed by atoms with van der Waals surface area (Å²) in [5, 5.41) is 3.41. The molecule has 1 N–H and O–H groups in total. The normalized spacial score (nSPS) is 11.8. The number of hydrogen-bond donors (Lipinski definition) is 2. The number of Topliss-reactive ketones (excluding diaryl/α,β-unsaturated/α-hetero) is 1. The van der Waals surface area contributed by atoms with Crippen molar-refractivity contribution in [3.8, 4) is 0 Å². The van der Waals surface area contributed by atoms with Gasteiger partial charge in [0.1, 0.15) is 0 Å². The zero-order chi connectivity index (χ0) is 17.7. The van der Waals surface area contributed by atoms with Crippen LogP contribution in [0, 0.1) is 6.92 Å². The van der Waals surface area contributed by atoms with Gasteiger partial charge in [0, 0.05) is 27.8 Å². The van der Waals surface area contributed by atoms with E-state index in [-0.39, 0.29) is 18.0 Å². The van der Waals surface area contributed by atoms with Crippen LogP contribution in [0.25, 0.3) is 0 Å². The molecule has 0 aromatic heterocycles. The number of carbonyl (C=O) groups excluding carboxylic acids is 2. The Labute approximate surface area is 156 Å². The summed E-state index contributed by atoms with van der Waals surface area (Å²) in [5.41, 5.74) is 2.34. The van der Waals surface area contributed by atoms with E-state index in [1.54, 1.807) is 6.07 Å². The van der Waals surface area contributed by atoms with Gasteiger partial charge in [0.25, 0.3) is 5.91 Å². The van der Waals surface area contributed by atoms with Gasteiger partial charge in [-0.1, -0.05) is 53.0 Å². The maximum absolute atomic E-state index is 12.4. The van der Waals surface area contributed by atoms with Gasteiger partial charge in [0.05, 0.1) is 6.04 Å². The van der Waals surface area contributed by atoms with E-state index in [1.165, 1.54) is 12.1 Å². The van der Waals surface area contributed by atoms with E-state index in [9.17, 15) is 9.59 Å². The molecule has 0 spiro atoms. The smallest absolute Gasteiger partial charge is 0.251 e. The number of hydrogen-bond acceptors (Lipinski definition) is 3. The van der Waals surface area contributed by atoms with Gasteiger partial charge in [-0.3, -0.25) is 9.59 Å². The maximum atomic E-state index is 12.4. The molecular weight excluding hydrogens is 365 g/mol. The van der Waals surface area contributed by atoms with Crippen molar-refractivity contribution in [1.29, 1.82) is 0 Å². The third-order valence-electron chi connectivity index (χ3n) is 3.50. The molecule has 2 aromatic rings. The molecule has 24 heavy (non-hydrogen) atoms. The fourth-order valence-electron chi connectivity index (χ4n) is 2.18. The van der Waals surface area contributed by atoms with Crippen molar-refractivity contribution < 1.29 is 9.59 Å². The van der Waals surface area contributed by atoms with Crippen LogP contribution in [0.1, 0.15) is 21.5 Å². The SMILES string of the molecule is Cc1ccc(CC(=O)[C@@H](CS)NC(=O)c2cc(Cl)cc(Cl)c2)cc1. The molecule has 6 heteroatoms. The molecule has 0 aliphatic rings. The topological polar surface area (TPSA) is 46.2 Å². The minimum atomic E-state index is -0.681. The van der Waals surface area contributed by atoms with Crippen LogP contribution in [0.2, 0.25) is 10.0 Å². The second-order valence-corrected chi connectivity index (χ2v) is 6.73. The predicted octanol–water partition coefficient (Wildman–Crippen LogP) is 4.14. The first-order valence-electron chi connectivity index (χ1n) is 7.35. The van der Waals surface area contributed by atoms with Gasteiger partial charge in [-0.25, -0.2) is 0 Å². The van der Waals surface area contributed by atoms with Crippen molar-refractivity contribution >= 4 is 47.5 Å². The molecular formula is C18H17Cl2NO2S. The fraction of sp³-hybridized carbons (Fsp3) is 0.222. The summed E-state index contributed by atoms with van der Waals surface area (Å²) in [7, 11) is 0. The molecule has 0 aliphatic heterocycles. The highest BCUT2D eigenvalue weighted by Crippen LogP contribution is 2.19. The monoisotopic (exact) mass is 381 g/mol. The zero-order valence-electron chi connectivity index (χ0n) is 13.1. The van der Waals surface area contributed by atoms with Gasteiger partial charge < -0.3 is 5.32 Å². The summed E-state index contributed by atoms with van der Waals surface area (Å²) < 4.78 is 0. The average Bonchev–Trinajstić information content (AvgIpc) is 2.53. The average molecular weight is 382 g/mol. The van der Waals surface area contributed by atoms with E-state index in [2.05, 4.69) is 17.9 Å². The third-order valence-corrected chi connectivity index (χ3v) is 4.30. The highest BCUT2D eigenvalue weighted by atomic mass is 35.5. The number of carbonyl (C=O) groups is 2. The molecule has 3 nitrogen and oxygen atoms in total. The second kappa shape index (κ2) is 8.56. The Hall–Kier alpha value is -1.49. The number of ketones is 1. The van der Waals surface area contributed by atoms with Crippen molar-refractivity contribution in [2.45, 2.75) is 19.4 Å². The number of aryl methyl sites for hydroxylation is 1. The Morgan fingerprint density at radius 1 is 1.08 bits per heavy atom. The van der Waals surface area contributed by atoms with Gasteiger partial charge in [-0.15, -0.1) is 0 Å². The fourth-order valence-corrected chi connectivity index (χ4v) is 3.01. The van der Waals surface area contributed by atoms with Gasteiger partial charge in [-0.05, 0) is 30.7 Å². The maximum Gasteiger partial charge on any atom is 0.251 e. The first-order valence-corrected chi connectivity index (χ1v) is 8.74. The number of nitrogens with one attached hydrogen (secondary N) is 1. The lowest BCUT2D eigenvalue weighted by molar-refractivity contribution is -0.119. The first-order chi connectivity index (χ1) is 11.4. The van der Waals surface area contributed by atoms with Crippen molar-refractivity contribution in [1.82, 2.24) is 5.32 Å². The Balaban J connectivity index is 2.06. The number of amides is 1. The van der Waals surface area contributed by atoms with Crippen LogP contribution in [0.3, 0.4) is 0 Å². The van der Waals surface area contributed by atoms with E-state index in [0.717, 1.165) is 11.1 Å². The van der Waals surface area contributed by atoms with E-state index in [0.29, 0.717) is 15.6 Å². The molecule has 0 heterocycles. The Morgan fingerprint density at radius 2 is 1.67 bits per heavy atom. The van der Waals surface area contributed by atoms with Crippen LogP contribution >= 0.6 is 35.8 Å². The van der Waals surface area contributed by atoms with E-state index >= 15 is 0 Å². The summed E-state index contributed by atoms with van der Waals surface area (Å²) in [4.78, 5) is 24.7. The van der Waals surface area contributed by atoms with E-state index in [1.807, 2.05) is 31.2 Å². The molecule has 126 valence electrons. The Kier molecular flexibility index (Phi) is 6.72. The highest BCUT2D eigenvalue weighted by molar-refractivity contribution is 7.80. The molecule has 0 aliphatic carbocycles. The van der Waals surface area contributed by atoms with Crippen LogP contribution in [-0.4, -0.2) is 23.5 Å². The van der Waals surface area contributed by atoms with Crippen LogP contribution < -0.4 is 5.32 Å². The van der Waals surface area contributed by atoms with Crippen molar-refractivity contribution in [2.75, 3.05) is 5.75 Å². The lowest BCUT2D eigenvalue weighted by Crippen LogP contribution is -2.43. The molecule has 1 atom stereocenters. The quantitative estimate of drug-likeness (QED) is 0.738. The number of rotatable bonds is 6. The Bertz CT molecular complexity index is 727. The second-order valence-electron chi connectivity index (χ2n) is 5.50. The van der Waals surface area contributed by atoms with Crippen LogP contribution in [0.4, 0.5) is 0 Å². The molecule has 0 fully saturated rings. The minimum absolute atomic E-state index is 0.102. The molecule has 0 bridgehead atoms. The van der Waals surface area contributed by atoms with E-state index in [4.69, 9.17) is 23.2 Å². The lowest BCUT2D eigenvalue weighted by Gasteiger charge is -2.16. The van der Waals surface area contributed by atoms with Crippen LogP contribution in [0.5, 0.6) is 0 Å². The molecule has 2 rings (SSSR count). The zero-order valence-corrected chi connectivity index (χ0v) is 15.5. The summed E-state index contributed by atoms with van der Waals surface area (Å²) in [5.74, 6) is -0.295. The molecule has 0 radical (unpaired) electrons. The summed E-state index contributed by atoms with van der Waals surface area (Å²) in [6.07, 6.45) is 0.238. The third kappa shape index (κ3) is 5.26. The van der Waals surface area contributed by atoms with Crippen LogP contribution in [0.15, 0.2) is 42.5 Å². The molecule has 0 unspecified atom stereocenters. The number of thiol groups is 1. The number of halogens is 2. The van der Waals surface area contributed by atoms with Gasteiger partial charge in [-0.2, -0.15) is 12.6 Å². The van der Waals surface area contributed by atoms with E-state index < -0.39 is 11.9 Å². The van der Waals surface area contributed by atoms with Crippen molar-refractivity contribution in [2.24, 2.45) is 0 Å². The molecule has 0 saturated heterocycles. The lowest BCUT2D eigenvalue weighted by atomic mass is 10.0. The minimum Gasteiger partial charge on any atom is -0.341 e. The molecule has 0 saturated carbocycles. The standard InChI is InChI=1S/C18H17Cl2NO2S/c1-11-2-4-12(5-3-11)6-17(22)16(10-24)21-18(23)13-7-14(19)9-15(20)8-13/h2-5,7-9,16,24H,6,10H2,1H3,(H,21,23)/t16-/m1/s1. The van der Waals surface area contributed by atoms with Gasteiger partial charge in [0.2, 0.25) is 0 Å². The number of benzene rings is 2. The molecule has 1 amide bonds.